The Bertz CT molecular complexity index is 907. The largest absolute Gasteiger partial charge is 0.360 e. The SMILES string of the molecule is CC1=C(C(=O)Nc2cc(C)on2)C(c2ccc(C(C)(C)C)cc2)NC(=S)N1. The van der Waals surface area contributed by atoms with E-state index in [1.807, 2.05) is 19.1 Å². The minimum atomic E-state index is -0.347. The molecule has 0 saturated carbocycles. The molecule has 1 aromatic heterocycles. The monoisotopic (exact) mass is 384 g/mol. The van der Waals surface area contributed by atoms with E-state index in [1.54, 1.807) is 13.0 Å². The first-order valence-corrected chi connectivity index (χ1v) is 9.19. The Labute approximate surface area is 164 Å². The van der Waals surface area contributed by atoms with Gasteiger partial charge in [0.2, 0.25) is 0 Å². The summed E-state index contributed by atoms with van der Waals surface area (Å²) in [5.74, 6) is 0.757. The third-order valence-electron chi connectivity index (χ3n) is 4.49. The number of aryl methyl sites for hydroxylation is 1. The van der Waals surface area contributed by atoms with Crippen LogP contribution in [0, 0.1) is 6.92 Å². The molecule has 1 amide bonds. The first-order chi connectivity index (χ1) is 12.6. The summed E-state index contributed by atoms with van der Waals surface area (Å²) in [6.07, 6.45) is 0. The van der Waals surface area contributed by atoms with Crippen molar-refractivity contribution in [1.82, 2.24) is 15.8 Å². The van der Waals surface area contributed by atoms with Crippen LogP contribution in [0.2, 0.25) is 0 Å². The normalized spacial score (nSPS) is 17.4. The summed E-state index contributed by atoms with van der Waals surface area (Å²) < 4.78 is 5.02. The van der Waals surface area contributed by atoms with Crippen molar-refractivity contribution in [1.29, 1.82) is 0 Å². The Hall–Kier alpha value is -2.67. The highest BCUT2D eigenvalue weighted by Gasteiger charge is 2.30. The molecule has 1 atom stereocenters. The number of hydrogen-bond acceptors (Lipinski definition) is 4. The van der Waals surface area contributed by atoms with E-state index in [-0.39, 0.29) is 17.4 Å². The number of amides is 1. The van der Waals surface area contributed by atoms with Gasteiger partial charge in [-0.1, -0.05) is 50.2 Å². The summed E-state index contributed by atoms with van der Waals surface area (Å²) in [5.41, 5.74) is 3.53. The van der Waals surface area contributed by atoms with E-state index in [9.17, 15) is 4.79 Å². The highest BCUT2D eigenvalue weighted by Crippen LogP contribution is 2.30. The number of anilines is 1. The van der Waals surface area contributed by atoms with Crippen LogP contribution in [0.5, 0.6) is 0 Å². The Morgan fingerprint density at radius 2 is 1.89 bits per heavy atom. The van der Waals surface area contributed by atoms with Gasteiger partial charge in [-0.05, 0) is 42.6 Å². The fourth-order valence-electron chi connectivity index (χ4n) is 3.03. The third kappa shape index (κ3) is 4.19. The fraction of sp³-hybridized carbons (Fsp3) is 0.350. The lowest BCUT2D eigenvalue weighted by Crippen LogP contribution is -2.45. The number of carbonyl (C=O) groups excluding carboxylic acids is 1. The number of aromatic nitrogens is 1. The molecule has 0 saturated heterocycles. The van der Waals surface area contributed by atoms with Crippen LogP contribution in [-0.4, -0.2) is 16.2 Å². The molecule has 0 radical (unpaired) electrons. The molecule has 3 N–H and O–H groups in total. The number of nitrogens with one attached hydrogen (secondary N) is 3. The van der Waals surface area contributed by atoms with Gasteiger partial charge < -0.3 is 20.5 Å². The summed E-state index contributed by atoms with van der Waals surface area (Å²) in [4.78, 5) is 12.9. The summed E-state index contributed by atoms with van der Waals surface area (Å²) in [7, 11) is 0. The van der Waals surface area contributed by atoms with Crippen molar-refractivity contribution in [2.45, 2.75) is 46.1 Å². The number of rotatable bonds is 3. The highest BCUT2D eigenvalue weighted by molar-refractivity contribution is 7.80. The summed E-state index contributed by atoms with van der Waals surface area (Å²) in [6, 6.07) is 9.58. The summed E-state index contributed by atoms with van der Waals surface area (Å²) in [6.45, 7) is 10.1. The van der Waals surface area contributed by atoms with Crippen LogP contribution >= 0.6 is 12.2 Å². The Balaban J connectivity index is 1.93. The molecule has 3 rings (SSSR count). The van der Waals surface area contributed by atoms with Gasteiger partial charge in [0.1, 0.15) is 5.76 Å². The molecule has 27 heavy (non-hydrogen) atoms. The van der Waals surface area contributed by atoms with Gasteiger partial charge in [0.15, 0.2) is 10.9 Å². The maximum absolute atomic E-state index is 12.9. The van der Waals surface area contributed by atoms with Gasteiger partial charge in [-0.25, -0.2) is 0 Å². The van der Waals surface area contributed by atoms with E-state index < -0.39 is 0 Å². The number of allylic oxidation sites excluding steroid dienone is 1. The van der Waals surface area contributed by atoms with Gasteiger partial charge in [0.05, 0.1) is 11.6 Å². The lowest BCUT2D eigenvalue weighted by atomic mass is 9.85. The van der Waals surface area contributed by atoms with Gasteiger partial charge in [-0.3, -0.25) is 4.79 Å². The van der Waals surface area contributed by atoms with Crippen LogP contribution in [0.4, 0.5) is 5.82 Å². The minimum absolute atomic E-state index is 0.0617. The second-order valence-electron chi connectivity index (χ2n) is 7.72. The van der Waals surface area contributed by atoms with E-state index in [4.69, 9.17) is 16.7 Å². The molecule has 142 valence electrons. The van der Waals surface area contributed by atoms with Crippen molar-refractivity contribution >= 4 is 29.1 Å². The molecule has 0 aliphatic carbocycles. The molecule has 2 heterocycles. The van der Waals surface area contributed by atoms with E-state index in [1.165, 1.54) is 5.56 Å². The predicted octanol–water partition coefficient (Wildman–Crippen LogP) is 3.71. The first kappa shape index (κ1) is 19.1. The molecule has 6 nitrogen and oxygen atoms in total. The molecule has 0 spiro atoms. The number of nitrogens with zero attached hydrogens (tertiary/aromatic N) is 1. The molecule has 1 unspecified atom stereocenters. The summed E-state index contributed by atoms with van der Waals surface area (Å²) >= 11 is 5.30. The van der Waals surface area contributed by atoms with Gasteiger partial charge in [-0.15, -0.1) is 0 Å². The lowest BCUT2D eigenvalue weighted by molar-refractivity contribution is -0.113. The van der Waals surface area contributed by atoms with Crippen LogP contribution in [0.25, 0.3) is 0 Å². The van der Waals surface area contributed by atoms with Crippen LogP contribution < -0.4 is 16.0 Å². The van der Waals surface area contributed by atoms with Crippen molar-refractivity contribution in [3.63, 3.8) is 0 Å². The number of thiocarbonyl (C=S) groups is 1. The van der Waals surface area contributed by atoms with Gasteiger partial charge in [0.25, 0.3) is 5.91 Å². The third-order valence-corrected chi connectivity index (χ3v) is 4.71. The van der Waals surface area contributed by atoms with Gasteiger partial charge in [-0.2, -0.15) is 0 Å². The standard InChI is InChI=1S/C20H24N4O2S/c1-11-10-15(24-26-11)22-18(25)16-12(2)21-19(27)23-17(16)13-6-8-14(9-7-13)20(3,4)5/h6-10,17H,1-5H3,(H2,21,23,27)(H,22,24,25). The summed E-state index contributed by atoms with van der Waals surface area (Å²) in [5, 5.41) is 13.3. The zero-order valence-electron chi connectivity index (χ0n) is 16.1. The van der Waals surface area contributed by atoms with Crippen molar-refractivity contribution in [3.8, 4) is 0 Å². The molecule has 1 aromatic carbocycles. The molecule has 7 heteroatoms. The molecule has 0 bridgehead atoms. The topological polar surface area (TPSA) is 79.2 Å². The predicted molar refractivity (Wildman–Crippen MR) is 109 cm³/mol. The molecule has 0 fully saturated rings. The van der Waals surface area contributed by atoms with Crippen molar-refractivity contribution in [2.24, 2.45) is 0 Å². The average Bonchev–Trinajstić information content (AvgIpc) is 2.98. The van der Waals surface area contributed by atoms with E-state index >= 15 is 0 Å². The quantitative estimate of drug-likeness (QED) is 0.700. The second-order valence-corrected chi connectivity index (χ2v) is 8.13. The van der Waals surface area contributed by atoms with Gasteiger partial charge >= 0.3 is 0 Å². The fourth-order valence-corrected chi connectivity index (χ4v) is 3.30. The second kappa shape index (κ2) is 7.15. The molecule has 1 aliphatic heterocycles. The van der Waals surface area contributed by atoms with Crippen LogP contribution in [0.15, 0.2) is 46.1 Å². The van der Waals surface area contributed by atoms with Crippen molar-refractivity contribution in [2.75, 3.05) is 5.32 Å². The van der Waals surface area contributed by atoms with E-state index in [0.29, 0.717) is 28.0 Å². The molecule has 1 aliphatic rings. The van der Waals surface area contributed by atoms with E-state index in [2.05, 4.69) is 54.0 Å². The molecular formula is C20H24N4O2S. The number of benzene rings is 1. The molecular weight excluding hydrogens is 360 g/mol. The maximum atomic E-state index is 12.9. The number of carbonyl (C=O) groups is 1. The highest BCUT2D eigenvalue weighted by atomic mass is 32.1. The zero-order chi connectivity index (χ0) is 19.8. The van der Waals surface area contributed by atoms with Crippen molar-refractivity contribution < 1.29 is 9.32 Å². The Morgan fingerprint density at radius 1 is 1.22 bits per heavy atom. The lowest BCUT2D eigenvalue weighted by Gasteiger charge is -2.30. The Morgan fingerprint density at radius 3 is 2.44 bits per heavy atom. The Kier molecular flexibility index (Phi) is 5.06. The average molecular weight is 385 g/mol. The maximum Gasteiger partial charge on any atom is 0.257 e. The van der Waals surface area contributed by atoms with Crippen LogP contribution in [0.1, 0.15) is 50.6 Å². The minimum Gasteiger partial charge on any atom is -0.360 e. The zero-order valence-corrected chi connectivity index (χ0v) is 17.0. The van der Waals surface area contributed by atoms with E-state index in [0.717, 1.165) is 5.56 Å². The molecule has 2 aromatic rings. The van der Waals surface area contributed by atoms with Gasteiger partial charge in [0, 0.05) is 11.8 Å². The smallest absolute Gasteiger partial charge is 0.257 e. The van der Waals surface area contributed by atoms with Crippen LogP contribution in [-0.2, 0) is 10.2 Å². The van der Waals surface area contributed by atoms with Crippen molar-refractivity contribution in [3.05, 3.63) is 58.5 Å². The van der Waals surface area contributed by atoms with Crippen LogP contribution in [0.3, 0.4) is 0 Å². The first-order valence-electron chi connectivity index (χ1n) is 8.78. The number of hydrogen-bond donors (Lipinski definition) is 3.